The van der Waals surface area contributed by atoms with Crippen LogP contribution in [0.5, 0.6) is 0 Å². The Morgan fingerprint density at radius 3 is 2.21 bits per heavy atom. The summed E-state index contributed by atoms with van der Waals surface area (Å²) in [6, 6.07) is 14.5. The predicted molar refractivity (Wildman–Crippen MR) is 114 cm³/mol. The average molecular weight is 395 g/mol. The molecule has 0 radical (unpaired) electrons. The first-order chi connectivity index (χ1) is 13.6. The van der Waals surface area contributed by atoms with Gasteiger partial charge >= 0.3 is 0 Å². The minimum atomic E-state index is -0.222. The van der Waals surface area contributed by atoms with Crippen LogP contribution >= 0.6 is 11.3 Å². The number of benzene rings is 1. The van der Waals surface area contributed by atoms with Gasteiger partial charge in [0.05, 0.1) is 12.1 Å². The molecule has 4 aliphatic rings. The van der Waals surface area contributed by atoms with Crippen LogP contribution < -0.4 is 10.6 Å². The van der Waals surface area contributed by atoms with E-state index in [0.717, 1.165) is 17.8 Å². The molecule has 3 nitrogen and oxygen atoms in total. The summed E-state index contributed by atoms with van der Waals surface area (Å²) in [5, 5.41) is 9.25. The number of thiophene rings is 1. The van der Waals surface area contributed by atoms with Gasteiger partial charge in [-0.1, -0.05) is 36.4 Å². The second kappa shape index (κ2) is 7.31. The summed E-state index contributed by atoms with van der Waals surface area (Å²) >= 11 is 1.74. The highest BCUT2D eigenvalue weighted by atomic mass is 32.1. The van der Waals surface area contributed by atoms with E-state index in [-0.39, 0.29) is 23.5 Å². The second-order valence-corrected chi connectivity index (χ2v) is 10.4. The lowest BCUT2D eigenvalue weighted by Crippen LogP contribution is -2.62. The molecule has 1 heterocycles. The zero-order chi connectivity index (χ0) is 19.1. The molecule has 2 atom stereocenters. The van der Waals surface area contributed by atoms with Gasteiger partial charge in [0.25, 0.3) is 0 Å². The van der Waals surface area contributed by atoms with Gasteiger partial charge in [0.15, 0.2) is 0 Å². The molecule has 0 saturated heterocycles. The first-order valence-electron chi connectivity index (χ1n) is 10.8. The third-order valence-electron chi connectivity index (χ3n) is 7.20. The maximum atomic E-state index is 13.2. The number of carbonyl (C=O) groups is 1. The number of carbonyl (C=O) groups excluding carboxylic acids is 1. The molecule has 4 fully saturated rings. The van der Waals surface area contributed by atoms with Crippen LogP contribution in [0.4, 0.5) is 0 Å². The van der Waals surface area contributed by atoms with E-state index >= 15 is 0 Å². The molecule has 28 heavy (non-hydrogen) atoms. The van der Waals surface area contributed by atoms with Crippen LogP contribution in [-0.4, -0.2) is 17.5 Å². The predicted octanol–water partition coefficient (Wildman–Crippen LogP) is 4.90. The van der Waals surface area contributed by atoms with Crippen LogP contribution in [0.1, 0.15) is 61.9 Å². The molecule has 4 bridgehead atoms. The monoisotopic (exact) mass is 394 g/mol. The summed E-state index contributed by atoms with van der Waals surface area (Å²) in [4.78, 5) is 14.4. The van der Waals surface area contributed by atoms with Gasteiger partial charge in [0.2, 0.25) is 5.91 Å². The fourth-order valence-electron chi connectivity index (χ4n) is 6.40. The van der Waals surface area contributed by atoms with Gasteiger partial charge in [-0.2, -0.15) is 0 Å². The van der Waals surface area contributed by atoms with Crippen LogP contribution in [0, 0.1) is 17.8 Å². The van der Waals surface area contributed by atoms with Crippen molar-refractivity contribution in [2.24, 2.45) is 17.8 Å². The minimum absolute atomic E-state index is 0.0540. The fraction of sp³-hybridized carbons (Fsp3) is 0.542. The van der Waals surface area contributed by atoms with Crippen molar-refractivity contribution in [1.29, 1.82) is 0 Å². The van der Waals surface area contributed by atoms with Gasteiger partial charge in [-0.05, 0) is 80.2 Å². The van der Waals surface area contributed by atoms with E-state index in [1.807, 2.05) is 13.0 Å². The molecule has 0 spiro atoms. The van der Waals surface area contributed by atoms with Crippen LogP contribution in [-0.2, 0) is 4.79 Å². The summed E-state index contributed by atoms with van der Waals surface area (Å²) < 4.78 is 0. The fourth-order valence-corrected chi connectivity index (χ4v) is 7.21. The maximum Gasteiger partial charge on any atom is 0.237 e. The lowest BCUT2D eigenvalue weighted by Gasteiger charge is -2.57. The molecule has 4 heteroatoms. The standard InChI is InChI=1S/C24H30N2OS/c1-16(25-22(21-8-5-9-28-21)20-6-3-2-4-7-20)23(27)26-24-13-17-10-18(14-24)12-19(11-17)15-24/h2-9,16-19,22,25H,10-15H2,1H3,(H,26,27)/t16-,17?,18?,19?,22+,24?/m0/s1. The van der Waals surface area contributed by atoms with Crippen LogP contribution in [0.2, 0.25) is 0 Å². The van der Waals surface area contributed by atoms with Crippen LogP contribution in [0.25, 0.3) is 0 Å². The molecule has 1 amide bonds. The van der Waals surface area contributed by atoms with Crippen LogP contribution in [0.3, 0.4) is 0 Å². The van der Waals surface area contributed by atoms with Crippen molar-refractivity contribution < 1.29 is 4.79 Å². The molecular weight excluding hydrogens is 364 g/mol. The third kappa shape index (κ3) is 3.53. The summed E-state index contributed by atoms with van der Waals surface area (Å²) in [7, 11) is 0. The Bertz CT molecular complexity index is 781. The van der Waals surface area contributed by atoms with E-state index in [9.17, 15) is 4.79 Å². The van der Waals surface area contributed by atoms with Crippen molar-refractivity contribution >= 4 is 17.2 Å². The second-order valence-electron chi connectivity index (χ2n) is 9.43. The number of rotatable bonds is 6. The molecule has 0 unspecified atom stereocenters. The Kier molecular flexibility index (Phi) is 4.80. The largest absolute Gasteiger partial charge is 0.349 e. The lowest BCUT2D eigenvalue weighted by molar-refractivity contribution is -0.128. The molecule has 2 N–H and O–H groups in total. The van der Waals surface area contributed by atoms with Gasteiger partial charge in [0.1, 0.15) is 0 Å². The SMILES string of the molecule is C[C@H](N[C@H](c1ccccc1)c1cccs1)C(=O)NC12CC3CC(CC(C3)C1)C2. The Hall–Kier alpha value is -1.65. The Morgan fingerprint density at radius 2 is 1.64 bits per heavy atom. The Morgan fingerprint density at radius 1 is 1.00 bits per heavy atom. The molecule has 2 aromatic rings. The van der Waals surface area contributed by atoms with Gasteiger partial charge in [-0.3, -0.25) is 10.1 Å². The van der Waals surface area contributed by atoms with E-state index in [2.05, 4.69) is 52.4 Å². The third-order valence-corrected chi connectivity index (χ3v) is 8.13. The summed E-state index contributed by atoms with van der Waals surface area (Å²) in [6.07, 6.45) is 7.80. The van der Waals surface area contributed by atoms with E-state index < -0.39 is 0 Å². The van der Waals surface area contributed by atoms with Crippen molar-refractivity contribution in [2.45, 2.75) is 63.1 Å². The molecular formula is C24H30N2OS. The summed E-state index contributed by atoms with van der Waals surface area (Å²) in [5.41, 5.74) is 1.28. The normalized spacial score (nSPS) is 32.8. The van der Waals surface area contributed by atoms with Gasteiger partial charge in [0, 0.05) is 10.4 Å². The zero-order valence-electron chi connectivity index (χ0n) is 16.6. The van der Waals surface area contributed by atoms with Gasteiger partial charge in [-0.25, -0.2) is 0 Å². The number of amides is 1. The molecule has 6 rings (SSSR count). The van der Waals surface area contributed by atoms with Crippen molar-refractivity contribution in [2.75, 3.05) is 0 Å². The molecule has 4 saturated carbocycles. The van der Waals surface area contributed by atoms with Gasteiger partial charge in [-0.15, -0.1) is 11.3 Å². The van der Waals surface area contributed by atoms with Crippen molar-refractivity contribution in [3.05, 3.63) is 58.3 Å². The quantitative estimate of drug-likeness (QED) is 0.732. The molecule has 0 aliphatic heterocycles. The van der Waals surface area contributed by atoms with Gasteiger partial charge < -0.3 is 5.32 Å². The highest BCUT2D eigenvalue weighted by molar-refractivity contribution is 7.10. The maximum absolute atomic E-state index is 13.2. The number of hydrogen-bond donors (Lipinski definition) is 2. The molecule has 1 aromatic heterocycles. The van der Waals surface area contributed by atoms with E-state index in [1.54, 1.807) is 11.3 Å². The lowest BCUT2D eigenvalue weighted by atomic mass is 9.53. The first kappa shape index (κ1) is 18.4. The number of hydrogen-bond acceptors (Lipinski definition) is 3. The van der Waals surface area contributed by atoms with E-state index in [4.69, 9.17) is 0 Å². The summed E-state index contributed by atoms with van der Waals surface area (Å²) in [6.45, 7) is 2.01. The Balaban J connectivity index is 1.30. The highest BCUT2D eigenvalue weighted by Crippen LogP contribution is 2.55. The van der Waals surface area contributed by atoms with E-state index in [1.165, 1.54) is 49.0 Å². The molecule has 148 valence electrons. The van der Waals surface area contributed by atoms with Crippen LogP contribution in [0.15, 0.2) is 47.8 Å². The first-order valence-corrected chi connectivity index (χ1v) is 11.6. The zero-order valence-corrected chi connectivity index (χ0v) is 17.4. The average Bonchev–Trinajstić information content (AvgIpc) is 3.19. The van der Waals surface area contributed by atoms with E-state index in [0.29, 0.717) is 0 Å². The highest BCUT2D eigenvalue weighted by Gasteiger charge is 2.51. The smallest absolute Gasteiger partial charge is 0.237 e. The minimum Gasteiger partial charge on any atom is -0.349 e. The molecule has 4 aliphatic carbocycles. The summed E-state index contributed by atoms with van der Waals surface area (Å²) in [5.74, 6) is 2.70. The van der Waals surface area contributed by atoms with Crippen molar-refractivity contribution in [1.82, 2.24) is 10.6 Å². The number of nitrogens with one attached hydrogen (secondary N) is 2. The topological polar surface area (TPSA) is 41.1 Å². The Labute approximate surface area is 171 Å². The van der Waals surface area contributed by atoms with Crippen molar-refractivity contribution in [3.63, 3.8) is 0 Å². The molecule has 1 aromatic carbocycles. The van der Waals surface area contributed by atoms with Crippen molar-refractivity contribution in [3.8, 4) is 0 Å².